The highest BCUT2D eigenvalue weighted by Gasteiger charge is 2.18. The van der Waals surface area contributed by atoms with Crippen molar-refractivity contribution >= 4 is 38.6 Å². The van der Waals surface area contributed by atoms with E-state index in [9.17, 15) is 0 Å². The van der Waals surface area contributed by atoms with Gasteiger partial charge < -0.3 is 4.90 Å². The third-order valence-electron chi connectivity index (χ3n) is 11.1. The molecule has 0 aromatic heterocycles. The topological polar surface area (TPSA) is 3.24 Å². The van der Waals surface area contributed by atoms with Crippen molar-refractivity contribution in [3.8, 4) is 55.6 Å². The molecule has 268 valence electrons. The highest BCUT2D eigenvalue weighted by atomic mass is 15.1. The third-order valence-corrected chi connectivity index (χ3v) is 11.1. The van der Waals surface area contributed by atoms with Crippen molar-refractivity contribution in [1.29, 1.82) is 0 Å². The minimum Gasteiger partial charge on any atom is -0.310 e. The number of nitrogens with zero attached hydrogens (tertiary/aromatic N) is 1. The highest BCUT2D eigenvalue weighted by Crippen LogP contribution is 2.43. The predicted octanol–water partition coefficient (Wildman–Crippen LogP) is 15.8. The molecule has 57 heavy (non-hydrogen) atoms. The minimum atomic E-state index is 1.09. The molecule has 0 saturated heterocycles. The predicted molar refractivity (Wildman–Crippen MR) is 243 cm³/mol. The fourth-order valence-electron chi connectivity index (χ4n) is 8.26. The third kappa shape index (κ3) is 6.66. The van der Waals surface area contributed by atoms with Crippen LogP contribution in [-0.2, 0) is 0 Å². The largest absolute Gasteiger partial charge is 0.310 e. The van der Waals surface area contributed by atoms with Gasteiger partial charge in [-0.25, -0.2) is 0 Å². The second-order valence-electron chi connectivity index (χ2n) is 14.5. The molecule has 0 atom stereocenters. The lowest BCUT2D eigenvalue weighted by Crippen LogP contribution is -2.10. The Bertz CT molecular complexity index is 2850. The summed E-state index contributed by atoms with van der Waals surface area (Å²) in [5.41, 5.74) is 15.3. The fourth-order valence-corrected chi connectivity index (χ4v) is 8.26. The van der Waals surface area contributed by atoms with Crippen molar-refractivity contribution in [2.45, 2.75) is 0 Å². The number of anilines is 3. The average Bonchev–Trinajstić information content (AvgIpc) is 3.30. The zero-order valence-corrected chi connectivity index (χ0v) is 31.5. The Labute approximate surface area is 334 Å². The van der Waals surface area contributed by atoms with Gasteiger partial charge in [-0.3, -0.25) is 0 Å². The number of fused-ring (bicyclic) bond motifs is 2. The average molecular weight is 726 g/mol. The van der Waals surface area contributed by atoms with Gasteiger partial charge in [0.2, 0.25) is 0 Å². The molecule has 0 heterocycles. The molecule has 0 aliphatic carbocycles. The summed E-state index contributed by atoms with van der Waals surface area (Å²) < 4.78 is 0. The first-order valence-electron chi connectivity index (χ1n) is 19.6. The van der Waals surface area contributed by atoms with Gasteiger partial charge in [-0.1, -0.05) is 194 Å². The quantitative estimate of drug-likeness (QED) is 0.151. The lowest BCUT2D eigenvalue weighted by molar-refractivity contribution is 1.28. The molecular weight excluding hydrogens is 687 g/mol. The molecule has 0 aliphatic heterocycles. The minimum absolute atomic E-state index is 1.09. The summed E-state index contributed by atoms with van der Waals surface area (Å²) >= 11 is 0. The van der Waals surface area contributed by atoms with E-state index < -0.39 is 0 Å². The Hall–Kier alpha value is -7.48. The van der Waals surface area contributed by atoms with Gasteiger partial charge in [-0.2, -0.15) is 0 Å². The van der Waals surface area contributed by atoms with Crippen LogP contribution in [-0.4, -0.2) is 0 Å². The molecule has 0 fully saturated rings. The first-order valence-corrected chi connectivity index (χ1v) is 19.6. The van der Waals surface area contributed by atoms with Crippen LogP contribution < -0.4 is 4.90 Å². The van der Waals surface area contributed by atoms with E-state index in [2.05, 4.69) is 241 Å². The van der Waals surface area contributed by atoms with Crippen molar-refractivity contribution in [2.24, 2.45) is 0 Å². The van der Waals surface area contributed by atoms with Crippen molar-refractivity contribution in [2.75, 3.05) is 4.90 Å². The van der Waals surface area contributed by atoms with Gasteiger partial charge in [-0.05, 0) is 120 Å². The SMILES string of the molecule is c1ccc(-c2cccc(-c3ccc(N(c4ccc(-c5cccc6ccccc56)cc4)c4ccc(-c5cccc6ccccc56)cc4)cc3-c3ccccc3)c2)cc1. The molecule has 0 saturated carbocycles. The van der Waals surface area contributed by atoms with E-state index in [1.807, 2.05) is 0 Å². The van der Waals surface area contributed by atoms with Crippen LogP contribution in [0.3, 0.4) is 0 Å². The van der Waals surface area contributed by atoms with Gasteiger partial charge in [-0.15, -0.1) is 0 Å². The molecule has 10 aromatic rings. The Morgan fingerprint density at radius 3 is 1.21 bits per heavy atom. The van der Waals surface area contributed by atoms with E-state index in [1.165, 1.54) is 77.2 Å². The normalized spacial score (nSPS) is 11.2. The van der Waals surface area contributed by atoms with Crippen LogP contribution in [0.5, 0.6) is 0 Å². The van der Waals surface area contributed by atoms with Crippen LogP contribution in [0.15, 0.2) is 237 Å². The second kappa shape index (κ2) is 15.0. The van der Waals surface area contributed by atoms with Crippen LogP contribution in [0.25, 0.3) is 77.2 Å². The van der Waals surface area contributed by atoms with Crippen LogP contribution in [0.4, 0.5) is 17.1 Å². The van der Waals surface area contributed by atoms with E-state index in [-0.39, 0.29) is 0 Å². The summed E-state index contributed by atoms with van der Waals surface area (Å²) in [4.78, 5) is 2.39. The lowest BCUT2D eigenvalue weighted by atomic mass is 9.91. The lowest BCUT2D eigenvalue weighted by Gasteiger charge is -2.27. The standard InChI is InChI=1S/C56H39N/c1-3-14-40(15-4-1)46-22-11-23-47(38-46)55-37-36-50(39-56(55)43-16-5-2-6-17-43)57(48-32-28-44(29-33-48)53-26-12-20-41-18-7-9-24-51(41)53)49-34-30-45(31-35-49)54-27-13-21-42-19-8-10-25-52(42)54/h1-39H. The molecule has 0 bridgehead atoms. The van der Waals surface area contributed by atoms with Gasteiger partial charge in [0.25, 0.3) is 0 Å². The molecule has 10 aromatic carbocycles. The van der Waals surface area contributed by atoms with Crippen LogP contribution in [0.1, 0.15) is 0 Å². The molecular formula is C56H39N. The smallest absolute Gasteiger partial charge is 0.0468 e. The summed E-state index contributed by atoms with van der Waals surface area (Å²) in [5.74, 6) is 0. The maximum atomic E-state index is 2.39. The zero-order chi connectivity index (χ0) is 38.0. The van der Waals surface area contributed by atoms with Crippen LogP contribution in [0.2, 0.25) is 0 Å². The first kappa shape index (κ1) is 34.0. The van der Waals surface area contributed by atoms with Crippen molar-refractivity contribution in [1.82, 2.24) is 0 Å². The Kier molecular flexibility index (Phi) is 8.95. The molecule has 1 heteroatoms. The van der Waals surface area contributed by atoms with E-state index >= 15 is 0 Å². The summed E-state index contributed by atoms with van der Waals surface area (Å²) in [7, 11) is 0. The molecule has 0 amide bonds. The zero-order valence-electron chi connectivity index (χ0n) is 31.5. The van der Waals surface area contributed by atoms with Gasteiger partial charge in [0.15, 0.2) is 0 Å². The number of benzene rings is 10. The monoisotopic (exact) mass is 725 g/mol. The van der Waals surface area contributed by atoms with Crippen molar-refractivity contribution in [3.63, 3.8) is 0 Å². The van der Waals surface area contributed by atoms with Gasteiger partial charge >= 0.3 is 0 Å². The van der Waals surface area contributed by atoms with Crippen molar-refractivity contribution in [3.05, 3.63) is 237 Å². The van der Waals surface area contributed by atoms with Gasteiger partial charge in [0.1, 0.15) is 0 Å². The summed E-state index contributed by atoms with van der Waals surface area (Å²) in [6, 6.07) is 85.6. The van der Waals surface area contributed by atoms with Crippen LogP contribution in [0, 0.1) is 0 Å². The van der Waals surface area contributed by atoms with Gasteiger partial charge in [0, 0.05) is 17.1 Å². The summed E-state index contributed by atoms with van der Waals surface area (Å²) in [5, 5.41) is 5.01. The Balaban J connectivity index is 1.11. The number of hydrogen-bond donors (Lipinski definition) is 0. The van der Waals surface area contributed by atoms with Crippen LogP contribution >= 0.6 is 0 Å². The molecule has 0 N–H and O–H groups in total. The van der Waals surface area contributed by atoms with E-state index in [0.29, 0.717) is 0 Å². The second-order valence-corrected chi connectivity index (χ2v) is 14.5. The van der Waals surface area contributed by atoms with Gasteiger partial charge in [0.05, 0.1) is 0 Å². The molecule has 0 unspecified atom stereocenters. The molecule has 0 aliphatic rings. The maximum Gasteiger partial charge on any atom is 0.0468 e. The molecule has 10 rings (SSSR count). The first-order chi connectivity index (χ1) is 28.3. The Morgan fingerprint density at radius 1 is 0.211 bits per heavy atom. The highest BCUT2D eigenvalue weighted by molar-refractivity contribution is 5.98. The van der Waals surface area contributed by atoms with E-state index in [4.69, 9.17) is 0 Å². The van der Waals surface area contributed by atoms with Crippen molar-refractivity contribution < 1.29 is 0 Å². The fraction of sp³-hybridized carbons (Fsp3) is 0. The maximum absolute atomic E-state index is 2.39. The summed E-state index contributed by atoms with van der Waals surface area (Å²) in [6.45, 7) is 0. The van der Waals surface area contributed by atoms with E-state index in [0.717, 1.165) is 17.1 Å². The number of rotatable bonds is 8. The number of hydrogen-bond acceptors (Lipinski definition) is 1. The van der Waals surface area contributed by atoms with E-state index in [1.54, 1.807) is 0 Å². The molecule has 0 spiro atoms. The summed E-state index contributed by atoms with van der Waals surface area (Å²) in [6.07, 6.45) is 0. The molecule has 0 radical (unpaired) electrons. The molecule has 1 nitrogen and oxygen atoms in total. The Morgan fingerprint density at radius 2 is 0.632 bits per heavy atom.